The van der Waals surface area contributed by atoms with E-state index < -0.39 is 32.8 Å². The first-order chi connectivity index (χ1) is 9.95. The number of hydrogen-bond donors (Lipinski definition) is 1. The maximum absolute atomic E-state index is 13.8. The molecule has 0 spiro atoms. The summed E-state index contributed by atoms with van der Waals surface area (Å²) in [4.78, 5) is 0. The Balaban J connectivity index is 2.27. The summed E-state index contributed by atoms with van der Waals surface area (Å²) < 4.78 is 52.0. The molecule has 1 N–H and O–H groups in total. The molecule has 1 aromatic rings. The van der Waals surface area contributed by atoms with Crippen molar-refractivity contribution in [2.75, 3.05) is 12.3 Å². The SMILES string of the molecule is CCNC(Cc1c(F)cccc1F)C1CCCCS1(=O)=O. The Morgan fingerprint density at radius 1 is 1.29 bits per heavy atom. The molecule has 1 heterocycles. The van der Waals surface area contributed by atoms with Crippen molar-refractivity contribution in [3.05, 3.63) is 35.4 Å². The van der Waals surface area contributed by atoms with E-state index in [1.807, 2.05) is 6.92 Å². The van der Waals surface area contributed by atoms with E-state index in [1.54, 1.807) is 0 Å². The molecule has 1 aromatic carbocycles. The topological polar surface area (TPSA) is 46.2 Å². The van der Waals surface area contributed by atoms with E-state index in [2.05, 4.69) is 5.32 Å². The van der Waals surface area contributed by atoms with Crippen molar-refractivity contribution in [2.45, 2.75) is 43.9 Å². The lowest BCUT2D eigenvalue weighted by Crippen LogP contribution is -2.48. The van der Waals surface area contributed by atoms with Gasteiger partial charge in [-0.15, -0.1) is 0 Å². The quantitative estimate of drug-likeness (QED) is 0.907. The van der Waals surface area contributed by atoms with Gasteiger partial charge in [0.05, 0.1) is 11.0 Å². The maximum Gasteiger partial charge on any atom is 0.154 e. The number of hydrogen-bond acceptors (Lipinski definition) is 3. The Morgan fingerprint density at radius 2 is 1.95 bits per heavy atom. The summed E-state index contributed by atoms with van der Waals surface area (Å²) >= 11 is 0. The lowest BCUT2D eigenvalue weighted by Gasteiger charge is -2.31. The summed E-state index contributed by atoms with van der Waals surface area (Å²) in [5.41, 5.74) is -0.0378. The normalized spacial score (nSPS) is 22.9. The third-order valence-corrected chi connectivity index (χ3v) is 6.37. The predicted octanol–water partition coefficient (Wildman–Crippen LogP) is 2.45. The fourth-order valence-corrected chi connectivity index (χ4v) is 5.10. The van der Waals surface area contributed by atoms with Crippen LogP contribution in [0.15, 0.2) is 18.2 Å². The van der Waals surface area contributed by atoms with Gasteiger partial charge in [-0.2, -0.15) is 0 Å². The summed E-state index contributed by atoms with van der Waals surface area (Å²) in [5.74, 6) is -1.07. The van der Waals surface area contributed by atoms with E-state index in [4.69, 9.17) is 0 Å². The Hall–Kier alpha value is -1.01. The van der Waals surface area contributed by atoms with Crippen molar-refractivity contribution in [2.24, 2.45) is 0 Å². The van der Waals surface area contributed by atoms with Crippen molar-refractivity contribution in [3.63, 3.8) is 0 Å². The lowest BCUT2D eigenvalue weighted by molar-refractivity contribution is 0.428. The van der Waals surface area contributed by atoms with Crippen LogP contribution in [0.25, 0.3) is 0 Å². The predicted molar refractivity (Wildman–Crippen MR) is 79.0 cm³/mol. The van der Waals surface area contributed by atoms with E-state index >= 15 is 0 Å². The molecule has 118 valence electrons. The van der Waals surface area contributed by atoms with Crippen molar-refractivity contribution in [1.29, 1.82) is 0 Å². The molecule has 0 amide bonds. The van der Waals surface area contributed by atoms with Gasteiger partial charge < -0.3 is 5.32 Å². The Kier molecular flexibility index (Phi) is 5.32. The minimum atomic E-state index is -3.20. The first kappa shape index (κ1) is 16.4. The van der Waals surface area contributed by atoms with Gasteiger partial charge in [0.15, 0.2) is 9.84 Å². The van der Waals surface area contributed by atoms with Gasteiger partial charge in [-0.1, -0.05) is 19.4 Å². The molecule has 1 aliphatic heterocycles. The summed E-state index contributed by atoms with van der Waals surface area (Å²) in [6.45, 7) is 2.42. The van der Waals surface area contributed by atoms with Gasteiger partial charge in [-0.3, -0.25) is 0 Å². The molecule has 0 aromatic heterocycles. The van der Waals surface area contributed by atoms with Crippen LogP contribution >= 0.6 is 0 Å². The molecule has 6 heteroatoms. The van der Waals surface area contributed by atoms with Crippen LogP contribution < -0.4 is 5.32 Å². The van der Waals surface area contributed by atoms with Crippen LogP contribution in [-0.4, -0.2) is 32.0 Å². The molecule has 0 radical (unpaired) electrons. The smallest absolute Gasteiger partial charge is 0.154 e. The number of likely N-dealkylation sites (N-methyl/N-ethyl adjacent to an activating group) is 1. The fraction of sp³-hybridized carbons (Fsp3) is 0.600. The highest BCUT2D eigenvalue weighted by atomic mass is 32.2. The maximum atomic E-state index is 13.8. The van der Waals surface area contributed by atoms with E-state index in [1.165, 1.54) is 18.2 Å². The third kappa shape index (κ3) is 3.80. The first-order valence-corrected chi connectivity index (χ1v) is 9.05. The molecule has 0 aliphatic carbocycles. The van der Waals surface area contributed by atoms with E-state index in [0.29, 0.717) is 19.4 Å². The number of rotatable bonds is 5. The standard InChI is InChI=1S/C15H21F2NO2S/c1-2-18-14(15-8-3-4-9-21(15,19)20)10-11-12(16)6-5-7-13(11)17/h5-7,14-15,18H,2-4,8-10H2,1H3. The third-order valence-electron chi connectivity index (χ3n) is 4.03. The summed E-state index contributed by atoms with van der Waals surface area (Å²) in [6, 6.07) is 3.27. The van der Waals surface area contributed by atoms with Gasteiger partial charge >= 0.3 is 0 Å². The molecule has 1 aliphatic rings. The molecule has 1 fully saturated rings. The summed E-state index contributed by atoms with van der Waals surface area (Å²) in [7, 11) is -3.20. The van der Waals surface area contributed by atoms with Crippen LogP contribution in [0.1, 0.15) is 31.7 Å². The van der Waals surface area contributed by atoms with Gasteiger partial charge in [0.2, 0.25) is 0 Å². The molecular weight excluding hydrogens is 296 g/mol. The molecule has 21 heavy (non-hydrogen) atoms. The average molecular weight is 317 g/mol. The van der Waals surface area contributed by atoms with Gasteiger partial charge in [0, 0.05) is 11.6 Å². The molecule has 2 unspecified atom stereocenters. The highest BCUT2D eigenvalue weighted by molar-refractivity contribution is 7.92. The second-order valence-electron chi connectivity index (χ2n) is 5.47. The van der Waals surface area contributed by atoms with Gasteiger partial charge in [0.1, 0.15) is 11.6 Å². The molecule has 0 saturated carbocycles. The Labute approximate surface area is 124 Å². The minimum absolute atomic E-state index is 0.0378. The van der Waals surface area contributed by atoms with E-state index in [9.17, 15) is 17.2 Å². The summed E-state index contributed by atoms with van der Waals surface area (Å²) in [5, 5.41) is 2.53. The molecular formula is C15H21F2NO2S. The zero-order valence-corrected chi connectivity index (χ0v) is 12.9. The van der Waals surface area contributed by atoms with Crippen LogP contribution in [-0.2, 0) is 16.3 Å². The first-order valence-electron chi connectivity index (χ1n) is 7.33. The average Bonchev–Trinajstić information content (AvgIpc) is 2.42. The molecule has 1 saturated heterocycles. The highest BCUT2D eigenvalue weighted by Crippen LogP contribution is 2.25. The molecule has 2 rings (SSSR count). The minimum Gasteiger partial charge on any atom is -0.313 e. The number of halogens is 2. The molecule has 3 nitrogen and oxygen atoms in total. The van der Waals surface area contributed by atoms with Crippen LogP contribution in [0, 0.1) is 11.6 Å². The van der Waals surface area contributed by atoms with Crippen LogP contribution in [0.2, 0.25) is 0 Å². The summed E-state index contributed by atoms with van der Waals surface area (Å²) in [6.07, 6.45) is 2.11. The van der Waals surface area contributed by atoms with Crippen molar-refractivity contribution >= 4 is 9.84 Å². The zero-order chi connectivity index (χ0) is 15.5. The van der Waals surface area contributed by atoms with Crippen LogP contribution in [0.3, 0.4) is 0 Å². The number of nitrogens with one attached hydrogen (secondary N) is 1. The Morgan fingerprint density at radius 3 is 2.52 bits per heavy atom. The van der Waals surface area contributed by atoms with Crippen molar-refractivity contribution in [1.82, 2.24) is 5.32 Å². The lowest BCUT2D eigenvalue weighted by atomic mass is 9.98. The fourth-order valence-electron chi connectivity index (χ4n) is 2.98. The molecule has 2 atom stereocenters. The second-order valence-corrected chi connectivity index (χ2v) is 7.81. The second kappa shape index (κ2) is 6.83. The van der Waals surface area contributed by atoms with E-state index in [-0.39, 0.29) is 17.7 Å². The van der Waals surface area contributed by atoms with Crippen molar-refractivity contribution < 1.29 is 17.2 Å². The Bertz CT molecular complexity index is 569. The van der Waals surface area contributed by atoms with Gasteiger partial charge in [-0.25, -0.2) is 17.2 Å². The van der Waals surface area contributed by atoms with Crippen LogP contribution in [0.5, 0.6) is 0 Å². The molecule has 0 bridgehead atoms. The highest BCUT2D eigenvalue weighted by Gasteiger charge is 2.35. The van der Waals surface area contributed by atoms with Gasteiger partial charge in [0.25, 0.3) is 0 Å². The zero-order valence-electron chi connectivity index (χ0n) is 12.1. The van der Waals surface area contributed by atoms with E-state index in [0.717, 1.165) is 6.42 Å². The van der Waals surface area contributed by atoms with Crippen LogP contribution in [0.4, 0.5) is 8.78 Å². The van der Waals surface area contributed by atoms with Crippen molar-refractivity contribution in [3.8, 4) is 0 Å². The monoisotopic (exact) mass is 317 g/mol. The largest absolute Gasteiger partial charge is 0.313 e. The number of sulfone groups is 1. The number of benzene rings is 1. The van der Waals surface area contributed by atoms with Gasteiger partial charge in [-0.05, 0) is 37.9 Å².